The number of amides is 1. The van der Waals surface area contributed by atoms with Crippen LogP contribution in [0.1, 0.15) is 0 Å². The number of hydrogen-bond acceptors (Lipinski definition) is 6. The highest BCUT2D eigenvalue weighted by Gasteiger charge is 2.27. The number of carbonyl (C=O) groups is 1. The van der Waals surface area contributed by atoms with Gasteiger partial charge in [-0.25, -0.2) is 4.98 Å². The molecule has 1 aliphatic heterocycles. The van der Waals surface area contributed by atoms with Crippen LogP contribution < -0.4 is 19.5 Å². The lowest BCUT2D eigenvalue weighted by Crippen LogP contribution is -2.40. The number of nitrogens with one attached hydrogen (secondary N) is 1. The van der Waals surface area contributed by atoms with E-state index in [1.54, 1.807) is 13.2 Å². The molecule has 7 heteroatoms. The van der Waals surface area contributed by atoms with Crippen molar-refractivity contribution in [3.63, 3.8) is 0 Å². The van der Waals surface area contributed by atoms with Gasteiger partial charge in [0, 0.05) is 0 Å². The highest BCUT2D eigenvalue weighted by molar-refractivity contribution is 7.22. The lowest BCUT2D eigenvalue weighted by Gasteiger charge is -2.25. The Morgan fingerprint density at radius 1 is 1.29 bits per heavy atom. The first-order valence-corrected chi connectivity index (χ1v) is 8.18. The van der Waals surface area contributed by atoms with Crippen molar-refractivity contribution in [3.8, 4) is 17.2 Å². The summed E-state index contributed by atoms with van der Waals surface area (Å²) in [6, 6.07) is 12.9. The average Bonchev–Trinajstić information content (AvgIpc) is 3.02. The fraction of sp³-hybridized carbons (Fsp3) is 0.176. The topological polar surface area (TPSA) is 69.7 Å². The van der Waals surface area contributed by atoms with E-state index in [9.17, 15) is 4.79 Å². The largest absolute Gasteiger partial charge is 0.497 e. The zero-order valence-electron chi connectivity index (χ0n) is 12.8. The molecule has 0 saturated carbocycles. The first-order chi connectivity index (χ1) is 11.7. The van der Waals surface area contributed by atoms with Gasteiger partial charge in [0.15, 0.2) is 16.6 Å². The molecule has 1 atom stereocenters. The number of nitrogens with zero attached hydrogens (tertiary/aromatic N) is 1. The predicted molar refractivity (Wildman–Crippen MR) is 91.2 cm³/mol. The molecule has 1 aromatic heterocycles. The number of hydrogen-bond donors (Lipinski definition) is 1. The van der Waals surface area contributed by atoms with Crippen LogP contribution in [0, 0.1) is 0 Å². The predicted octanol–water partition coefficient (Wildman–Crippen LogP) is 3.08. The molecule has 2 heterocycles. The summed E-state index contributed by atoms with van der Waals surface area (Å²) in [5, 5.41) is 3.31. The zero-order valence-corrected chi connectivity index (χ0v) is 13.6. The van der Waals surface area contributed by atoms with E-state index < -0.39 is 6.10 Å². The standard InChI is InChI=1S/C17H14N2O4S/c1-21-10-6-7-11-15(8-10)24-17(18-11)19-16(20)14-9-22-12-4-2-3-5-13(12)23-14/h2-8,14H,9H2,1H3,(H,18,19,20)/t14-/m1/s1. The minimum atomic E-state index is -0.707. The third kappa shape index (κ3) is 2.74. The van der Waals surface area contributed by atoms with Crippen LogP contribution in [0.2, 0.25) is 0 Å². The molecular weight excluding hydrogens is 328 g/mol. The van der Waals surface area contributed by atoms with Crippen molar-refractivity contribution in [3.05, 3.63) is 42.5 Å². The summed E-state index contributed by atoms with van der Waals surface area (Å²) in [6.07, 6.45) is -0.707. The summed E-state index contributed by atoms with van der Waals surface area (Å²) < 4.78 is 17.4. The number of aromatic nitrogens is 1. The lowest BCUT2D eigenvalue weighted by atomic mass is 10.2. The molecule has 6 nitrogen and oxygen atoms in total. The smallest absolute Gasteiger partial charge is 0.270 e. The van der Waals surface area contributed by atoms with Gasteiger partial charge in [0.25, 0.3) is 5.91 Å². The van der Waals surface area contributed by atoms with Crippen molar-refractivity contribution >= 4 is 32.6 Å². The maximum absolute atomic E-state index is 12.4. The van der Waals surface area contributed by atoms with Gasteiger partial charge in [-0.3, -0.25) is 10.1 Å². The van der Waals surface area contributed by atoms with Gasteiger partial charge in [-0.2, -0.15) is 0 Å². The van der Waals surface area contributed by atoms with Crippen LogP contribution in [-0.4, -0.2) is 30.7 Å². The average molecular weight is 342 g/mol. The molecule has 0 bridgehead atoms. The van der Waals surface area contributed by atoms with Crippen LogP contribution in [0.5, 0.6) is 17.2 Å². The Hall–Kier alpha value is -2.80. The molecule has 1 amide bonds. The SMILES string of the molecule is COc1ccc2nc(NC(=O)[C@H]3COc4ccccc4O3)sc2c1. The number of rotatable bonds is 3. The normalized spacial score (nSPS) is 16.0. The van der Waals surface area contributed by atoms with Crippen molar-refractivity contribution in [2.24, 2.45) is 0 Å². The third-order valence-corrected chi connectivity index (χ3v) is 4.56. The van der Waals surface area contributed by atoms with Crippen LogP contribution in [0.3, 0.4) is 0 Å². The number of carbonyl (C=O) groups excluding carboxylic acids is 1. The van der Waals surface area contributed by atoms with E-state index in [1.807, 2.05) is 36.4 Å². The Balaban J connectivity index is 1.50. The molecule has 3 aromatic rings. The summed E-state index contributed by atoms with van der Waals surface area (Å²) in [4.78, 5) is 16.8. The van der Waals surface area contributed by atoms with Gasteiger partial charge in [-0.05, 0) is 30.3 Å². The van der Waals surface area contributed by atoms with Crippen LogP contribution in [0.25, 0.3) is 10.2 Å². The summed E-state index contributed by atoms with van der Waals surface area (Å²) in [6.45, 7) is 0.168. The van der Waals surface area contributed by atoms with Crippen LogP contribution in [0.4, 0.5) is 5.13 Å². The van der Waals surface area contributed by atoms with E-state index in [0.29, 0.717) is 16.6 Å². The van der Waals surface area contributed by atoms with E-state index in [-0.39, 0.29) is 12.5 Å². The molecule has 0 aliphatic carbocycles. The molecule has 1 N–H and O–H groups in total. The van der Waals surface area contributed by atoms with E-state index in [0.717, 1.165) is 16.0 Å². The lowest BCUT2D eigenvalue weighted by molar-refractivity contribution is -0.125. The van der Waals surface area contributed by atoms with E-state index in [2.05, 4.69) is 10.3 Å². The van der Waals surface area contributed by atoms with Gasteiger partial charge >= 0.3 is 0 Å². The Bertz CT molecular complexity index is 908. The van der Waals surface area contributed by atoms with Crippen LogP contribution in [0.15, 0.2) is 42.5 Å². The van der Waals surface area contributed by atoms with Crippen molar-refractivity contribution in [2.75, 3.05) is 19.0 Å². The Morgan fingerprint density at radius 3 is 2.96 bits per heavy atom. The van der Waals surface area contributed by atoms with Gasteiger partial charge in [0.1, 0.15) is 12.4 Å². The fourth-order valence-corrected chi connectivity index (χ4v) is 3.32. The van der Waals surface area contributed by atoms with Crippen molar-refractivity contribution in [1.82, 2.24) is 4.98 Å². The summed E-state index contributed by atoms with van der Waals surface area (Å²) in [5.41, 5.74) is 0.808. The number of fused-ring (bicyclic) bond motifs is 2. The molecule has 2 aromatic carbocycles. The minimum Gasteiger partial charge on any atom is -0.497 e. The first kappa shape index (κ1) is 14.8. The molecule has 0 unspecified atom stereocenters. The van der Waals surface area contributed by atoms with Crippen molar-refractivity contribution in [2.45, 2.75) is 6.10 Å². The number of ether oxygens (including phenoxy) is 3. The first-order valence-electron chi connectivity index (χ1n) is 7.37. The number of anilines is 1. The molecular formula is C17H14N2O4S. The molecule has 122 valence electrons. The number of thiazole rings is 1. The van der Waals surface area contributed by atoms with Gasteiger partial charge < -0.3 is 14.2 Å². The molecule has 0 spiro atoms. The van der Waals surface area contributed by atoms with E-state index in [4.69, 9.17) is 14.2 Å². The van der Waals surface area contributed by atoms with Crippen LogP contribution in [-0.2, 0) is 4.79 Å². The highest BCUT2D eigenvalue weighted by Crippen LogP contribution is 2.32. The van der Waals surface area contributed by atoms with Gasteiger partial charge in [0.2, 0.25) is 6.10 Å². The highest BCUT2D eigenvalue weighted by atomic mass is 32.1. The second-order valence-corrected chi connectivity index (χ2v) is 6.24. The second kappa shape index (κ2) is 6.01. The molecule has 4 rings (SSSR count). The number of benzene rings is 2. The Labute approximate surface area is 142 Å². The maximum Gasteiger partial charge on any atom is 0.270 e. The third-order valence-electron chi connectivity index (χ3n) is 3.63. The summed E-state index contributed by atoms with van der Waals surface area (Å²) in [5.74, 6) is 1.69. The molecule has 0 saturated heterocycles. The number of para-hydroxylation sites is 2. The maximum atomic E-state index is 12.4. The van der Waals surface area contributed by atoms with Crippen LogP contribution >= 0.6 is 11.3 Å². The van der Waals surface area contributed by atoms with E-state index >= 15 is 0 Å². The number of methoxy groups -OCH3 is 1. The minimum absolute atomic E-state index is 0.168. The molecule has 0 fully saturated rings. The summed E-state index contributed by atoms with van der Waals surface area (Å²) in [7, 11) is 1.61. The molecule has 1 aliphatic rings. The molecule has 0 radical (unpaired) electrons. The van der Waals surface area contributed by atoms with Crippen molar-refractivity contribution in [1.29, 1.82) is 0 Å². The Kier molecular flexibility index (Phi) is 3.70. The van der Waals surface area contributed by atoms with Gasteiger partial charge in [-0.15, -0.1) is 0 Å². The zero-order chi connectivity index (χ0) is 16.5. The van der Waals surface area contributed by atoms with E-state index in [1.165, 1.54) is 11.3 Å². The van der Waals surface area contributed by atoms with Crippen molar-refractivity contribution < 1.29 is 19.0 Å². The quantitative estimate of drug-likeness (QED) is 0.792. The molecule has 24 heavy (non-hydrogen) atoms. The Morgan fingerprint density at radius 2 is 2.12 bits per heavy atom. The van der Waals surface area contributed by atoms with Gasteiger partial charge in [0.05, 0.1) is 17.3 Å². The van der Waals surface area contributed by atoms with Gasteiger partial charge in [-0.1, -0.05) is 23.5 Å². The fourth-order valence-electron chi connectivity index (χ4n) is 2.42. The summed E-state index contributed by atoms with van der Waals surface area (Å²) >= 11 is 1.39. The monoisotopic (exact) mass is 342 g/mol. The second-order valence-electron chi connectivity index (χ2n) is 5.21.